The van der Waals surface area contributed by atoms with E-state index in [1.54, 1.807) is 43.5 Å². The molecule has 2 aromatic carbocycles. The molecule has 0 aliphatic carbocycles. The van der Waals surface area contributed by atoms with E-state index in [4.69, 9.17) is 11.6 Å². The van der Waals surface area contributed by atoms with Crippen LogP contribution < -0.4 is 15.0 Å². The van der Waals surface area contributed by atoms with Crippen LogP contribution in [0.1, 0.15) is 29.8 Å². The molecule has 8 nitrogen and oxygen atoms in total. The van der Waals surface area contributed by atoms with Gasteiger partial charge in [-0.3, -0.25) is 9.59 Å². The van der Waals surface area contributed by atoms with E-state index >= 15 is 0 Å². The van der Waals surface area contributed by atoms with Crippen LogP contribution in [0.3, 0.4) is 0 Å². The molecule has 0 radical (unpaired) electrons. The molecule has 0 bridgehead atoms. The van der Waals surface area contributed by atoms with Crippen LogP contribution in [0.25, 0.3) is 11.1 Å². The summed E-state index contributed by atoms with van der Waals surface area (Å²) in [5.74, 6) is -0.584. The first-order valence-electron chi connectivity index (χ1n) is 11.5. The minimum absolute atomic E-state index is 0.0132. The fourth-order valence-corrected chi connectivity index (χ4v) is 4.56. The van der Waals surface area contributed by atoms with Gasteiger partial charge in [-0.25, -0.2) is 9.97 Å². The number of nitrogens with one attached hydrogen (secondary N) is 1. The van der Waals surface area contributed by atoms with Gasteiger partial charge in [0.2, 0.25) is 5.91 Å². The van der Waals surface area contributed by atoms with Gasteiger partial charge in [0.1, 0.15) is 18.1 Å². The molecule has 0 spiro atoms. The Morgan fingerprint density at radius 2 is 1.81 bits per heavy atom. The summed E-state index contributed by atoms with van der Waals surface area (Å²) in [5.41, 5.74) is 0.0810. The van der Waals surface area contributed by atoms with Crippen LogP contribution in [-0.2, 0) is 11.2 Å². The molecular formula is C26H26ClF2N5O3. The molecule has 1 atom stereocenters. The lowest BCUT2D eigenvalue weighted by Crippen LogP contribution is -2.47. The predicted octanol–water partition coefficient (Wildman–Crippen LogP) is 4.79. The number of halogens is 3. The number of likely N-dealkylation sites (N-methyl/N-ethyl adjacent to an activating group) is 1. The summed E-state index contributed by atoms with van der Waals surface area (Å²) in [6, 6.07) is 8.54. The van der Waals surface area contributed by atoms with E-state index in [0.717, 1.165) is 16.8 Å². The number of benzene rings is 2. The third-order valence-corrected chi connectivity index (χ3v) is 6.03. The molecule has 0 fully saturated rings. The topological polar surface area (TPSA) is 87.7 Å². The fourth-order valence-electron chi connectivity index (χ4n) is 4.47. The molecule has 1 N–H and O–H groups in total. The van der Waals surface area contributed by atoms with Crippen LogP contribution in [-0.4, -0.2) is 58.4 Å². The number of carbonyl (C=O) groups is 2. The highest BCUT2D eigenvalue weighted by atomic mass is 35.5. The lowest BCUT2D eigenvalue weighted by atomic mass is 9.97. The second-order valence-corrected chi connectivity index (χ2v) is 9.58. The van der Waals surface area contributed by atoms with Crippen molar-refractivity contribution in [2.75, 3.05) is 24.3 Å². The van der Waals surface area contributed by atoms with Gasteiger partial charge in [0.15, 0.2) is 0 Å². The van der Waals surface area contributed by atoms with Gasteiger partial charge in [0.05, 0.1) is 0 Å². The van der Waals surface area contributed by atoms with E-state index in [9.17, 15) is 18.4 Å². The molecule has 11 heteroatoms. The molecule has 1 aliphatic rings. The number of amides is 2. The molecule has 4 rings (SSSR count). The van der Waals surface area contributed by atoms with Crippen molar-refractivity contribution in [3.63, 3.8) is 0 Å². The number of fused-ring (bicyclic) bond motifs is 1. The van der Waals surface area contributed by atoms with Crippen molar-refractivity contribution in [3.8, 4) is 16.9 Å². The summed E-state index contributed by atoms with van der Waals surface area (Å²) in [7, 11) is 3.44. The Balaban J connectivity index is 1.71. The van der Waals surface area contributed by atoms with Gasteiger partial charge in [-0.2, -0.15) is 0 Å². The van der Waals surface area contributed by atoms with Gasteiger partial charge in [0, 0.05) is 78.6 Å². The van der Waals surface area contributed by atoms with Gasteiger partial charge in [0.25, 0.3) is 5.91 Å². The first-order chi connectivity index (χ1) is 17.4. The normalized spacial score (nSPS) is 14.9. The Morgan fingerprint density at radius 1 is 1.16 bits per heavy atom. The maximum absolute atomic E-state index is 13.2. The van der Waals surface area contributed by atoms with E-state index in [2.05, 4.69) is 24.9 Å². The Morgan fingerprint density at radius 3 is 2.38 bits per heavy atom. The zero-order valence-electron chi connectivity index (χ0n) is 20.7. The Labute approximate surface area is 218 Å². The van der Waals surface area contributed by atoms with Crippen LogP contribution >= 0.6 is 11.6 Å². The van der Waals surface area contributed by atoms with Crippen molar-refractivity contribution >= 4 is 34.8 Å². The monoisotopic (exact) mass is 529 g/mol. The SMILES string of the molecule is CC(C)N1c2c(cc(C(=O)Nc3ccc(OC(F)(F)Cl)cc3)cc2-c2cncnc2)CC1C(=O)N(C)C. The summed E-state index contributed by atoms with van der Waals surface area (Å²) in [5, 5.41) is 2.77. The first-order valence-corrected chi connectivity index (χ1v) is 11.9. The number of carbonyl (C=O) groups excluding carboxylic acids is 2. The molecule has 0 saturated heterocycles. The quantitative estimate of drug-likeness (QED) is 0.443. The maximum Gasteiger partial charge on any atom is 0.487 e. The third-order valence-electron chi connectivity index (χ3n) is 5.96. The zero-order chi connectivity index (χ0) is 26.9. The van der Waals surface area contributed by atoms with E-state index < -0.39 is 17.5 Å². The van der Waals surface area contributed by atoms with Gasteiger partial charge < -0.3 is 19.9 Å². The average Bonchev–Trinajstić information content (AvgIpc) is 3.23. The van der Waals surface area contributed by atoms with E-state index in [0.29, 0.717) is 23.2 Å². The van der Waals surface area contributed by atoms with Crippen LogP contribution in [0.15, 0.2) is 55.1 Å². The summed E-state index contributed by atoms with van der Waals surface area (Å²) >= 11 is 4.80. The molecule has 194 valence electrons. The predicted molar refractivity (Wildman–Crippen MR) is 137 cm³/mol. The number of alkyl halides is 3. The zero-order valence-corrected chi connectivity index (χ0v) is 21.5. The Hall–Kier alpha value is -3.79. The Kier molecular flexibility index (Phi) is 7.31. The van der Waals surface area contributed by atoms with Crippen LogP contribution in [0.2, 0.25) is 0 Å². The number of aromatic nitrogens is 2. The molecule has 37 heavy (non-hydrogen) atoms. The van der Waals surface area contributed by atoms with Crippen molar-refractivity contribution in [1.29, 1.82) is 0 Å². The first kappa shape index (κ1) is 26.3. The summed E-state index contributed by atoms with van der Waals surface area (Å²) in [6.07, 6.45) is 5.18. The minimum atomic E-state index is -3.83. The number of anilines is 2. The molecular weight excluding hydrogens is 504 g/mol. The van der Waals surface area contributed by atoms with Crippen LogP contribution in [0, 0.1) is 0 Å². The van der Waals surface area contributed by atoms with Crippen molar-refractivity contribution in [1.82, 2.24) is 14.9 Å². The highest BCUT2D eigenvalue weighted by Gasteiger charge is 2.39. The minimum Gasteiger partial charge on any atom is -0.420 e. The van der Waals surface area contributed by atoms with Crippen molar-refractivity contribution in [2.24, 2.45) is 0 Å². The third kappa shape index (κ3) is 5.80. The summed E-state index contributed by atoms with van der Waals surface area (Å²) in [6.45, 7) is 4.04. The van der Waals surface area contributed by atoms with Gasteiger partial charge in [-0.1, -0.05) is 0 Å². The lowest BCUT2D eigenvalue weighted by molar-refractivity contribution is -0.130. The fraction of sp³-hybridized carbons (Fsp3) is 0.308. The molecule has 0 saturated carbocycles. The molecule has 1 unspecified atom stereocenters. The van der Waals surface area contributed by atoms with Gasteiger partial charge >= 0.3 is 5.57 Å². The molecule has 2 amide bonds. The number of hydrogen-bond donors (Lipinski definition) is 1. The van der Waals surface area contributed by atoms with Gasteiger partial charge in [-0.15, -0.1) is 8.78 Å². The van der Waals surface area contributed by atoms with Crippen molar-refractivity contribution in [2.45, 2.75) is 37.9 Å². The van der Waals surface area contributed by atoms with E-state index in [-0.39, 0.29) is 17.7 Å². The lowest BCUT2D eigenvalue weighted by Gasteiger charge is -2.33. The molecule has 1 aliphatic heterocycles. The molecule has 1 aromatic heterocycles. The standard InChI is InChI=1S/C26H26ClF2N5O3/c1-15(2)34-22(25(36)33(3)4)11-16-9-17(10-21(23(16)34)18-12-30-14-31-13-18)24(35)32-19-5-7-20(8-6-19)37-26(27,28)29/h5-10,12-15,22H,11H2,1-4H3,(H,32,35). The number of hydrogen-bond acceptors (Lipinski definition) is 6. The number of ether oxygens (including phenoxy) is 1. The Bertz CT molecular complexity index is 1300. The number of nitrogens with zero attached hydrogens (tertiary/aromatic N) is 4. The number of rotatable bonds is 7. The van der Waals surface area contributed by atoms with E-state index in [1.165, 1.54) is 30.6 Å². The van der Waals surface area contributed by atoms with Gasteiger partial charge in [-0.05, 0) is 55.8 Å². The molecule has 2 heterocycles. The maximum atomic E-state index is 13.2. The smallest absolute Gasteiger partial charge is 0.420 e. The second-order valence-electron chi connectivity index (χ2n) is 9.14. The van der Waals surface area contributed by atoms with Crippen molar-refractivity contribution in [3.05, 3.63) is 66.2 Å². The molecule has 3 aromatic rings. The largest absolute Gasteiger partial charge is 0.487 e. The highest BCUT2D eigenvalue weighted by molar-refractivity contribution is 6.20. The average molecular weight is 530 g/mol. The van der Waals surface area contributed by atoms with E-state index in [1.807, 2.05) is 13.8 Å². The van der Waals surface area contributed by atoms with Crippen LogP contribution in [0.5, 0.6) is 5.75 Å². The second kappa shape index (κ2) is 10.3. The highest BCUT2D eigenvalue weighted by Crippen LogP contribution is 2.43. The summed E-state index contributed by atoms with van der Waals surface area (Å²) in [4.78, 5) is 38.2. The van der Waals surface area contributed by atoms with Crippen LogP contribution in [0.4, 0.5) is 20.2 Å². The van der Waals surface area contributed by atoms with Crippen molar-refractivity contribution < 1.29 is 23.1 Å². The summed E-state index contributed by atoms with van der Waals surface area (Å²) < 4.78 is 30.0.